The molecule has 1 unspecified atom stereocenters. The SMILES string of the molecule is COc1ccccc1-c1ccccc1CN1CCOCC(Cc2ccc3nccn3n2)C1. The number of hydrogen-bond donors (Lipinski definition) is 0. The number of rotatable bonds is 6. The second-order valence-electron chi connectivity index (χ2n) is 8.29. The van der Waals surface area contributed by atoms with E-state index in [-0.39, 0.29) is 0 Å². The van der Waals surface area contributed by atoms with E-state index in [0.29, 0.717) is 5.92 Å². The molecule has 6 nitrogen and oxygen atoms in total. The number of benzene rings is 2. The lowest BCUT2D eigenvalue weighted by molar-refractivity contribution is 0.121. The Morgan fingerprint density at radius 3 is 2.78 bits per heavy atom. The number of para-hydroxylation sites is 1. The number of nitrogens with zero attached hydrogens (tertiary/aromatic N) is 4. The molecule has 0 spiro atoms. The van der Waals surface area contributed by atoms with Crippen molar-refractivity contribution in [3.8, 4) is 16.9 Å². The van der Waals surface area contributed by atoms with Crippen LogP contribution in [0.25, 0.3) is 16.8 Å². The highest BCUT2D eigenvalue weighted by Crippen LogP contribution is 2.32. The smallest absolute Gasteiger partial charge is 0.153 e. The van der Waals surface area contributed by atoms with E-state index in [1.54, 1.807) is 13.3 Å². The number of methoxy groups -OCH3 is 1. The summed E-state index contributed by atoms with van der Waals surface area (Å²) in [6, 6.07) is 20.9. The lowest BCUT2D eigenvalue weighted by Gasteiger charge is -2.24. The van der Waals surface area contributed by atoms with E-state index in [1.165, 1.54) is 11.1 Å². The van der Waals surface area contributed by atoms with Crippen molar-refractivity contribution in [1.29, 1.82) is 0 Å². The molecular formula is C26H28N4O2. The van der Waals surface area contributed by atoms with Gasteiger partial charge in [-0.2, -0.15) is 5.10 Å². The molecule has 2 aromatic carbocycles. The predicted octanol–water partition coefficient (Wildman–Crippen LogP) is 4.10. The van der Waals surface area contributed by atoms with E-state index in [2.05, 4.69) is 52.3 Å². The molecule has 2 aromatic heterocycles. The predicted molar refractivity (Wildman–Crippen MR) is 125 cm³/mol. The van der Waals surface area contributed by atoms with E-state index < -0.39 is 0 Å². The number of fused-ring (bicyclic) bond motifs is 1. The van der Waals surface area contributed by atoms with Crippen LogP contribution in [0.1, 0.15) is 11.3 Å². The van der Waals surface area contributed by atoms with Crippen LogP contribution in [0.5, 0.6) is 5.75 Å². The number of aromatic nitrogens is 3. The molecule has 1 fully saturated rings. The van der Waals surface area contributed by atoms with Crippen molar-refractivity contribution in [3.63, 3.8) is 0 Å². The van der Waals surface area contributed by atoms with Crippen LogP contribution in [0, 0.1) is 5.92 Å². The van der Waals surface area contributed by atoms with Crippen LogP contribution in [0.4, 0.5) is 0 Å². The van der Waals surface area contributed by atoms with Crippen LogP contribution in [0.15, 0.2) is 73.1 Å². The summed E-state index contributed by atoms with van der Waals surface area (Å²) in [7, 11) is 1.73. The van der Waals surface area contributed by atoms with Crippen LogP contribution < -0.4 is 4.74 Å². The maximum Gasteiger partial charge on any atom is 0.153 e. The molecule has 1 aliphatic heterocycles. The fraction of sp³-hybridized carbons (Fsp3) is 0.308. The normalized spacial score (nSPS) is 17.3. The van der Waals surface area contributed by atoms with Gasteiger partial charge < -0.3 is 9.47 Å². The lowest BCUT2D eigenvalue weighted by atomic mass is 9.97. The van der Waals surface area contributed by atoms with E-state index in [0.717, 1.165) is 61.9 Å². The highest BCUT2D eigenvalue weighted by Gasteiger charge is 2.21. The largest absolute Gasteiger partial charge is 0.496 e. The molecule has 1 atom stereocenters. The molecule has 1 saturated heterocycles. The van der Waals surface area contributed by atoms with Gasteiger partial charge in [-0.1, -0.05) is 42.5 Å². The Morgan fingerprint density at radius 2 is 1.88 bits per heavy atom. The minimum atomic E-state index is 0.393. The molecular weight excluding hydrogens is 400 g/mol. The van der Waals surface area contributed by atoms with Crippen molar-refractivity contribution in [2.75, 3.05) is 33.4 Å². The molecule has 164 valence electrons. The van der Waals surface area contributed by atoms with Gasteiger partial charge in [0.05, 0.1) is 26.0 Å². The van der Waals surface area contributed by atoms with Crippen molar-refractivity contribution >= 4 is 5.65 Å². The quantitative estimate of drug-likeness (QED) is 0.463. The van der Waals surface area contributed by atoms with Crippen LogP contribution in [0.3, 0.4) is 0 Å². The van der Waals surface area contributed by atoms with Gasteiger partial charge in [0.25, 0.3) is 0 Å². The van der Waals surface area contributed by atoms with Gasteiger partial charge in [-0.3, -0.25) is 4.90 Å². The third-order valence-corrected chi connectivity index (χ3v) is 6.04. The minimum Gasteiger partial charge on any atom is -0.496 e. The third kappa shape index (κ3) is 4.52. The first-order valence-electron chi connectivity index (χ1n) is 11.1. The molecule has 6 heteroatoms. The zero-order valence-electron chi connectivity index (χ0n) is 18.4. The zero-order chi connectivity index (χ0) is 21.8. The first-order chi connectivity index (χ1) is 15.8. The molecule has 0 radical (unpaired) electrons. The van der Waals surface area contributed by atoms with Gasteiger partial charge in [0, 0.05) is 43.5 Å². The molecule has 32 heavy (non-hydrogen) atoms. The monoisotopic (exact) mass is 428 g/mol. The Kier molecular flexibility index (Phi) is 6.14. The van der Waals surface area contributed by atoms with Crippen LogP contribution in [-0.4, -0.2) is 52.9 Å². The fourth-order valence-electron chi connectivity index (χ4n) is 4.51. The van der Waals surface area contributed by atoms with Gasteiger partial charge >= 0.3 is 0 Å². The Hall–Kier alpha value is -3.22. The molecule has 0 bridgehead atoms. The average Bonchev–Trinajstić information content (AvgIpc) is 3.19. The second-order valence-corrected chi connectivity index (χ2v) is 8.29. The molecule has 1 aliphatic rings. The first-order valence-corrected chi connectivity index (χ1v) is 11.1. The molecule has 0 saturated carbocycles. The van der Waals surface area contributed by atoms with Crippen LogP contribution in [0.2, 0.25) is 0 Å². The topological polar surface area (TPSA) is 51.9 Å². The van der Waals surface area contributed by atoms with E-state index >= 15 is 0 Å². The maximum absolute atomic E-state index is 5.96. The molecule has 5 rings (SSSR count). The van der Waals surface area contributed by atoms with Crippen molar-refractivity contribution in [1.82, 2.24) is 19.5 Å². The van der Waals surface area contributed by atoms with Crippen molar-refractivity contribution < 1.29 is 9.47 Å². The van der Waals surface area contributed by atoms with Gasteiger partial charge in [-0.15, -0.1) is 0 Å². The van der Waals surface area contributed by atoms with Gasteiger partial charge in [-0.25, -0.2) is 9.50 Å². The summed E-state index contributed by atoms with van der Waals surface area (Å²) < 4.78 is 13.4. The Morgan fingerprint density at radius 1 is 1.03 bits per heavy atom. The van der Waals surface area contributed by atoms with Crippen molar-refractivity contribution in [2.24, 2.45) is 5.92 Å². The number of ether oxygens (including phenoxy) is 2. The summed E-state index contributed by atoms with van der Waals surface area (Å²) >= 11 is 0. The van der Waals surface area contributed by atoms with Crippen molar-refractivity contribution in [3.05, 3.63) is 84.3 Å². The van der Waals surface area contributed by atoms with E-state index in [9.17, 15) is 0 Å². The molecule has 0 aliphatic carbocycles. The molecule has 0 amide bonds. The summed E-state index contributed by atoms with van der Waals surface area (Å²) in [4.78, 5) is 6.79. The minimum absolute atomic E-state index is 0.393. The summed E-state index contributed by atoms with van der Waals surface area (Å²) in [6.07, 6.45) is 4.56. The number of imidazole rings is 1. The standard InChI is InChI=1S/C26H28N4O2/c1-31-25-9-5-4-8-24(25)23-7-3-2-6-21(23)18-29-14-15-32-19-20(17-29)16-22-10-11-26-27-12-13-30(26)28-22/h2-13,20H,14-19H2,1H3. The fourth-order valence-corrected chi connectivity index (χ4v) is 4.51. The van der Waals surface area contributed by atoms with Gasteiger partial charge in [-0.05, 0) is 35.7 Å². The van der Waals surface area contributed by atoms with Gasteiger partial charge in [0.1, 0.15) is 5.75 Å². The summed E-state index contributed by atoms with van der Waals surface area (Å²) in [6.45, 7) is 4.28. The van der Waals surface area contributed by atoms with Gasteiger partial charge in [0.2, 0.25) is 0 Å². The molecule has 0 N–H and O–H groups in total. The molecule has 3 heterocycles. The van der Waals surface area contributed by atoms with Crippen molar-refractivity contribution in [2.45, 2.75) is 13.0 Å². The number of hydrogen-bond acceptors (Lipinski definition) is 5. The summed E-state index contributed by atoms with van der Waals surface area (Å²) in [5, 5.41) is 4.71. The summed E-state index contributed by atoms with van der Waals surface area (Å²) in [5.41, 5.74) is 5.60. The van der Waals surface area contributed by atoms with E-state index in [1.807, 2.05) is 28.9 Å². The maximum atomic E-state index is 5.96. The summed E-state index contributed by atoms with van der Waals surface area (Å²) in [5.74, 6) is 1.29. The Labute approximate surface area is 188 Å². The highest BCUT2D eigenvalue weighted by molar-refractivity contribution is 5.73. The van der Waals surface area contributed by atoms with Crippen LogP contribution in [-0.2, 0) is 17.7 Å². The Bertz CT molecular complexity index is 1190. The molecule has 4 aromatic rings. The van der Waals surface area contributed by atoms with E-state index in [4.69, 9.17) is 14.6 Å². The zero-order valence-corrected chi connectivity index (χ0v) is 18.4. The van der Waals surface area contributed by atoms with Gasteiger partial charge in [0.15, 0.2) is 5.65 Å². The highest BCUT2D eigenvalue weighted by atomic mass is 16.5. The van der Waals surface area contributed by atoms with Crippen LogP contribution >= 0.6 is 0 Å². The third-order valence-electron chi connectivity index (χ3n) is 6.04. The first kappa shape index (κ1) is 20.7. The lowest BCUT2D eigenvalue weighted by Crippen LogP contribution is -2.31. The average molecular weight is 429 g/mol. The second kappa shape index (κ2) is 9.51. The Balaban J connectivity index is 1.34.